The van der Waals surface area contributed by atoms with E-state index in [2.05, 4.69) is 16.0 Å². The Morgan fingerprint density at radius 1 is 1.38 bits per heavy atom. The fraction of sp³-hybridized carbons (Fsp3) is 0.471. The molecule has 1 aliphatic rings. The molecule has 130 valence electrons. The number of hydrogen-bond acceptors (Lipinski definition) is 5. The molecule has 7 nitrogen and oxygen atoms in total. The summed E-state index contributed by atoms with van der Waals surface area (Å²) in [6.45, 7) is 1.76. The molecule has 3 atom stereocenters. The normalized spacial score (nSPS) is 23.3. The summed E-state index contributed by atoms with van der Waals surface area (Å²) in [5.41, 5.74) is 1.04. The summed E-state index contributed by atoms with van der Waals surface area (Å²) in [4.78, 5) is 34.8. The zero-order valence-electron chi connectivity index (χ0n) is 13.9. The average molecular weight is 333 g/mol. The number of methoxy groups -OCH3 is 1. The van der Waals surface area contributed by atoms with Crippen LogP contribution in [0.25, 0.3) is 0 Å². The zero-order valence-corrected chi connectivity index (χ0v) is 13.9. The van der Waals surface area contributed by atoms with Gasteiger partial charge in [-0.15, -0.1) is 0 Å². The van der Waals surface area contributed by atoms with Gasteiger partial charge in [-0.1, -0.05) is 13.0 Å². The minimum absolute atomic E-state index is 0.108. The minimum Gasteiger partial charge on any atom is -0.364 e. The molecule has 0 bridgehead atoms. The monoisotopic (exact) mass is 333 g/mol. The van der Waals surface area contributed by atoms with Crippen molar-refractivity contribution in [2.75, 3.05) is 12.4 Å². The summed E-state index contributed by atoms with van der Waals surface area (Å²) >= 11 is 0. The molecule has 3 unspecified atom stereocenters. The van der Waals surface area contributed by atoms with Crippen molar-refractivity contribution in [3.05, 3.63) is 29.8 Å². The predicted octanol–water partition coefficient (Wildman–Crippen LogP) is 1.06. The summed E-state index contributed by atoms with van der Waals surface area (Å²) in [5.74, 6) is -0.357. The molecule has 3 N–H and O–H groups in total. The second kappa shape index (κ2) is 8.56. The van der Waals surface area contributed by atoms with Crippen LogP contribution in [0.2, 0.25) is 0 Å². The number of anilines is 1. The fourth-order valence-electron chi connectivity index (χ4n) is 2.65. The number of rotatable bonds is 6. The summed E-state index contributed by atoms with van der Waals surface area (Å²) in [5, 5.41) is 8.69. The Labute approximate surface area is 141 Å². The van der Waals surface area contributed by atoms with Crippen molar-refractivity contribution >= 4 is 23.8 Å². The number of carbonyl (C=O) groups excluding carboxylic acids is 3. The van der Waals surface area contributed by atoms with Crippen molar-refractivity contribution in [2.45, 2.75) is 44.5 Å². The standard InChI is InChI=1S/C17H23N3O4/c1-3-15(22)18-12-6-4-5-11(9-12)16(23)20-14-8-7-13(10-21)19-17(14)24-2/h4-6,9-10,13-14,17,19H,3,7-8H2,1-2H3,(H,18,22)(H,20,23). The first-order chi connectivity index (χ1) is 11.6. The summed E-state index contributed by atoms with van der Waals surface area (Å²) in [7, 11) is 1.53. The first-order valence-electron chi connectivity index (χ1n) is 8.02. The molecule has 0 saturated carbocycles. The molecule has 7 heteroatoms. The lowest BCUT2D eigenvalue weighted by atomic mass is 9.99. The first-order valence-corrected chi connectivity index (χ1v) is 8.02. The number of aldehydes is 1. The Bertz CT molecular complexity index is 605. The van der Waals surface area contributed by atoms with Crippen molar-refractivity contribution in [3.8, 4) is 0 Å². The molecule has 1 saturated heterocycles. The van der Waals surface area contributed by atoms with E-state index in [4.69, 9.17) is 4.74 Å². The quantitative estimate of drug-likeness (QED) is 0.676. The van der Waals surface area contributed by atoms with Gasteiger partial charge in [0.25, 0.3) is 5.91 Å². The lowest BCUT2D eigenvalue weighted by molar-refractivity contribution is -0.116. The lowest BCUT2D eigenvalue weighted by Crippen LogP contribution is -2.58. The van der Waals surface area contributed by atoms with Crippen molar-refractivity contribution in [1.29, 1.82) is 0 Å². The summed E-state index contributed by atoms with van der Waals surface area (Å²) < 4.78 is 5.32. The molecular weight excluding hydrogens is 310 g/mol. The van der Waals surface area contributed by atoms with Gasteiger partial charge >= 0.3 is 0 Å². The van der Waals surface area contributed by atoms with Crippen LogP contribution < -0.4 is 16.0 Å². The number of benzene rings is 1. The maximum Gasteiger partial charge on any atom is 0.251 e. The topological polar surface area (TPSA) is 96.5 Å². The van der Waals surface area contributed by atoms with Crippen LogP contribution in [0.3, 0.4) is 0 Å². The van der Waals surface area contributed by atoms with E-state index in [9.17, 15) is 14.4 Å². The predicted molar refractivity (Wildman–Crippen MR) is 89.6 cm³/mol. The van der Waals surface area contributed by atoms with Gasteiger partial charge in [-0.3, -0.25) is 14.9 Å². The highest BCUT2D eigenvalue weighted by molar-refractivity contribution is 5.97. The van der Waals surface area contributed by atoms with Gasteiger partial charge < -0.3 is 20.2 Å². The summed E-state index contributed by atoms with van der Waals surface area (Å²) in [6.07, 6.45) is 2.09. The first kappa shape index (κ1) is 18.1. The van der Waals surface area contributed by atoms with E-state index < -0.39 is 6.23 Å². The van der Waals surface area contributed by atoms with Crippen molar-refractivity contribution < 1.29 is 19.1 Å². The molecular formula is C17H23N3O4. The van der Waals surface area contributed by atoms with Crippen LogP contribution in [0.15, 0.2) is 24.3 Å². The van der Waals surface area contributed by atoms with Gasteiger partial charge in [0.05, 0.1) is 12.1 Å². The second-order valence-electron chi connectivity index (χ2n) is 5.71. The van der Waals surface area contributed by atoms with Gasteiger partial charge in [0.1, 0.15) is 12.5 Å². The molecule has 0 radical (unpaired) electrons. The second-order valence-corrected chi connectivity index (χ2v) is 5.71. The number of amides is 2. The third kappa shape index (κ3) is 4.62. The van der Waals surface area contributed by atoms with Crippen LogP contribution in [-0.2, 0) is 14.3 Å². The van der Waals surface area contributed by atoms with Crippen molar-refractivity contribution in [2.24, 2.45) is 0 Å². The molecule has 1 aromatic rings. The Morgan fingerprint density at radius 3 is 2.83 bits per heavy atom. The van der Waals surface area contributed by atoms with Crippen LogP contribution in [-0.4, -0.2) is 43.5 Å². The van der Waals surface area contributed by atoms with E-state index in [1.54, 1.807) is 31.2 Å². The number of nitrogens with one attached hydrogen (secondary N) is 3. The Kier molecular flexibility index (Phi) is 6.45. The molecule has 24 heavy (non-hydrogen) atoms. The smallest absolute Gasteiger partial charge is 0.251 e. The molecule has 1 aromatic carbocycles. The molecule has 1 aliphatic heterocycles. The Hall–Kier alpha value is -2.25. The van der Waals surface area contributed by atoms with E-state index >= 15 is 0 Å². The number of piperidine rings is 1. The Morgan fingerprint density at radius 2 is 2.17 bits per heavy atom. The van der Waals surface area contributed by atoms with E-state index in [0.29, 0.717) is 30.5 Å². The van der Waals surface area contributed by atoms with Gasteiger partial charge in [0.15, 0.2) is 0 Å². The molecule has 2 rings (SSSR count). The lowest BCUT2D eigenvalue weighted by Gasteiger charge is -2.34. The third-order valence-electron chi connectivity index (χ3n) is 4.00. The minimum atomic E-state index is -0.416. The van der Waals surface area contributed by atoms with Crippen molar-refractivity contribution in [3.63, 3.8) is 0 Å². The van der Waals surface area contributed by atoms with Gasteiger partial charge in [-0.25, -0.2) is 0 Å². The highest BCUT2D eigenvalue weighted by Crippen LogP contribution is 2.16. The molecule has 1 heterocycles. The number of carbonyl (C=O) groups is 3. The maximum atomic E-state index is 12.5. The Balaban J connectivity index is 2.02. The van der Waals surface area contributed by atoms with Gasteiger partial charge in [0.2, 0.25) is 5.91 Å². The fourth-order valence-corrected chi connectivity index (χ4v) is 2.65. The number of ether oxygens (including phenoxy) is 1. The zero-order chi connectivity index (χ0) is 17.5. The van der Waals surface area contributed by atoms with E-state index in [1.807, 2.05) is 0 Å². The van der Waals surface area contributed by atoms with Gasteiger partial charge in [0, 0.05) is 24.8 Å². The van der Waals surface area contributed by atoms with E-state index in [-0.39, 0.29) is 23.9 Å². The van der Waals surface area contributed by atoms with E-state index in [0.717, 1.165) is 6.29 Å². The van der Waals surface area contributed by atoms with Crippen LogP contribution in [0.1, 0.15) is 36.5 Å². The van der Waals surface area contributed by atoms with Crippen LogP contribution >= 0.6 is 0 Å². The average Bonchev–Trinajstić information content (AvgIpc) is 2.62. The molecule has 0 aromatic heterocycles. The maximum absolute atomic E-state index is 12.5. The molecule has 0 spiro atoms. The van der Waals surface area contributed by atoms with Crippen LogP contribution in [0.5, 0.6) is 0 Å². The SMILES string of the molecule is CCC(=O)Nc1cccc(C(=O)NC2CCC(C=O)NC2OC)c1. The van der Waals surface area contributed by atoms with Crippen molar-refractivity contribution in [1.82, 2.24) is 10.6 Å². The highest BCUT2D eigenvalue weighted by Gasteiger charge is 2.30. The van der Waals surface area contributed by atoms with Gasteiger partial charge in [-0.2, -0.15) is 0 Å². The summed E-state index contributed by atoms with van der Waals surface area (Å²) in [6, 6.07) is 6.29. The van der Waals surface area contributed by atoms with Crippen LogP contribution in [0.4, 0.5) is 5.69 Å². The largest absolute Gasteiger partial charge is 0.364 e. The van der Waals surface area contributed by atoms with E-state index in [1.165, 1.54) is 7.11 Å². The third-order valence-corrected chi connectivity index (χ3v) is 4.00. The van der Waals surface area contributed by atoms with Gasteiger partial charge in [-0.05, 0) is 31.0 Å². The molecule has 0 aliphatic carbocycles. The number of hydrogen-bond donors (Lipinski definition) is 3. The molecule has 2 amide bonds. The molecule has 1 fully saturated rings. The highest BCUT2D eigenvalue weighted by atomic mass is 16.5. The van der Waals surface area contributed by atoms with Crippen LogP contribution in [0, 0.1) is 0 Å².